The first-order valence-corrected chi connectivity index (χ1v) is 30.8. The van der Waals surface area contributed by atoms with E-state index in [0.29, 0.717) is 0 Å². The lowest BCUT2D eigenvalue weighted by molar-refractivity contribution is -0.401. The Balaban J connectivity index is 0.00000180. The zero-order chi connectivity index (χ0) is 59.0. The Morgan fingerprint density at radius 2 is 0.714 bits per heavy atom. The number of benzene rings is 9. The lowest BCUT2D eigenvalue weighted by Gasteiger charge is -2.34. The Hall–Kier alpha value is -8.31. The Morgan fingerprint density at radius 1 is 0.393 bits per heavy atom. The van der Waals surface area contributed by atoms with Crippen LogP contribution in [-0.2, 0) is 47.3 Å². The van der Waals surface area contributed by atoms with Gasteiger partial charge in [-0.1, -0.05) is 196 Å². The van der Waals surface area contributed by atoms with Gasteiger partial charge in [-0.15, -0.1) is 11.6 Å². The molecule has 0 saturated heterocycles. The number of fused-ring (bicyclic) bond motifs is 8. The standard InChI is InChI=1S/C76H72N4.C2H6.CH3Cl/c1-73(2)67(79(7)65-47-45-57-29-15-17-31-59(57)71(65)73)37-23-39-69-75(49-53-25-11-9-12-26-53,61-33-19-21-35-63(61)77(69)5)51-55-41-43-56(44-42-55)52-76(50-54-27-13-10-14-28-54)62-34-20-22-36-64(62)78(6)70(76)40-24-38-68-74(3,4)72-60-32-18-16-30-58(60)46-48-66(72)80(68)8;2*1-2/h9-48H,49-52H2,1-8H3;1-2H3;1H3/q+2;;. The van der Waals surface area contributed by atoms with Crippen LogP contribution in [0, 0.1) is 0 Å². The minimum Gasteiger partial charge on any atom is -0.347 e. The van der Waals surface area contributed by atoms with Crippen LogP contribution in [0.25, 0.3) is 21.5 Å². The van der Waals surface area contributed by atoms with Crippen molar-refractivity contribution >= 4 is 67.3 Å². The van der Waals surface area contributed by atoms with Crippen LogP contribution < -0.4 is 9.80 Å². The average molecular weight is 1120 g/mol. The number of hydrogen-bond donors (Lipinski definition) is 0. The molecule has 2 atom stereocenters. The molecule has 0 bridgehead atoms. The highest BCUT2D eigenvalue weighted by molar-refractivity contribution is 6.15. The zero-order valence-electron chi connectivity index (χ0n) is 51.1. The summed E-state index contributed by atoms with van der Waals surface area (Å²) in [6.45, 7) is 13.5. The molecule has 9 aromatic carbocycles. The van der Waals surface area contributed by atoms with Crippen LogP contribution in [-0.4, -0.2) is 55.1 Å². The molecule has 0 aliphatic carbocycles. The van der Waals surface area contributed by atoms with Gasteiger partial charge in [-0.2, -0.15) is 9.15 Å². The van der Waals surface area contributed by atoms with Gasteiger partial charge in [0.1, 0.15) is 14.1 Å². The van der Waals surface area contributed by atoms with Crippen molar-refractivity contribution in [2.75, 3.05) is 44.4 Å². The third-order valence-electron chi connectivity index (χ3n) is 18.8. The maximum Gasteiger partial charge on any atom is 0.210 e. The molecule has 0 saturated carbocycles. The maximum absolute atomic E-state index is 4.64. The normalized spacial score (nSPS) is 20.0. The van der Waals surface area contributed by atoms with Crippen LogP contribution in [0.3, 0.4) is 0 Å². The highest BCUT2D eigenvalue weighted by Gasteiger charge is 2.49. The number of alkyl halides is 1. The average Bonchev–Trinajstić information content (AvgIpc) is 2.05. The Kier molecular flexibility index (Phi) is 16.0. The van der Waals surface area contributed by atoms with Gasteiger partial charge in [-0.05, 0) is 145 Å². The van der Waals surface area contributed by atoms with E-state index in [9.17, 15) is 0 Å². The summed E-state index contributed by atoms with van der Waals surface area (Å²) in [6, 6.07) is 77.0. The van der Waals surface area contributed by atoms with E-state index < -0.39 is 0 Å². The minimum atomic E-state index is -0.336. The fourth-order valence-electron chi connectivity index (χ4n) is 15.1. The molecule has 0 amide bonds. The van der Waals surface area contributed by atoms with Crippen molar-refractivity contribution in [1.29, 1.82) is 0 Å². The number of nitrogens with zero attached hydrogens (tertiary/aromatic N) is 4. The highest BCUT2D eigenvalue weighted by atomic mass is 35.5. The number of hydrogen-bond acceptors (Lipinski definition) is 2. The molecule has 0 radical (unpaired) electrons. The van der Waals surface area contributed by atoms with E-state index >= 15 is 0 Å². The molecular weight excluding hydrogens is 1040 g/mol. The van der Waals surface area contributed by atoms with Crippen molar-refractivity contribution in [2.45, 2.75) is 88.9 Å². The van der Waals surface area contributed by atoms with Gasteiger partial charge in [0.2, 0.25) is 11.4 Å². The van der Waals surface area contributed by atoms with Crippen molar-refractivity contribution in [3.63, 3.8) is 0 Å². The molecule has 5 heteroatoms. The second kappa shape index (κ2) is 23.4. The summed E-state index contributed by atoms with van der Waals surface area (Å²) in [4.78, 5) is 4.92. The first kappa shape index (κ1) is 57.5. The first-order chi connectivity index (χ1) is 40.8. The number of likely N-dealkylation sites (N-methyl/N-ethyl adjacent to an activating group) is 2. The van der Waals surface area contributed by atoms with Gasteiger partial charge in [-0.3, -0.25) is 0 Å². The molecule has 0 aromatic heterocycles. The van der Waals surface area contributed by atoms with E-state index in [1.165, 1.54) is 118 Å². The first-order valence-electron chi connectivity index (χ1n) is 30.0. The quantitative estimate of drug-likeness (QED) is 0.0893. The van der Waals surface area contributed by atoms with Gasteiger partial charge in [0.05, 0.1) is 10.8 Å². The van der Waals surface area contributed by atoms with Crippen molar-refractivity contribution < 1.29 is 9.15 Å². The molecule has 9 aromatic rings. The van der Waals surface area contributed by atoms with E-state index in [1.54, 1.807) is 0 Å². The number of rotatable bonds is 12. The minimum absolute atomic E-state index is 0.178. The fourth-order valence-corrected chi connectivity index (χ4v) is 15.1. The summed E-state index contributed by atoms with van der Waals surface area (Å²) >= 11 is 4.64. The molecule has 422 valence electrons. The monoisotopic (exact) mass is 1120 g/mol. The predicted molar refractivity (Wildman–Crippen MR) is 360 cm³/mol. The van der Waals surface area contributed by atoms with Crippen LogP contribution >= 0.6 is 11.6 Å². The summed E-state index contributed by atoms with van der Waals surface area (Å²) in [5.41, 5.74) is 20.1. The molecule has 0 fully saturated rings. The summed E-state index contributed by atoms with van der Waals surface area (Å²) in [5.74, 6) is 0. The molecule has 13 rings (SSSR count). The fraction of sp³-hybridized carbons (Fsp3) is 0.241. The van der Waals surface area contributed by atoms with Gasteiger partial charge >= 0.3 is 0 Å². The van der Waals surface area contributed by atoms with Gasteiger partial charge in [0, 0.05) is 89.5 Å². The number of para-hydroxylation sites is 2. The molecule has 0 N–H and O–H groups in total. The van der Waals surface area contributed by atoms with Crippen molar-refractivity contribution in [3.8, 4) is 0 Å². The van der Waals surface area contributed by atoms with E-state index in [4.69, 9.17) is 0 Å². The van der Waals surface area contributed by atoms with Crippen LogP contribution in [0.2, 0.25) is 0 Å². The van der Waals surface area contributed by atoms with E-state index in [0.717, 1.165) is 25.7 Å². The summed E-state index contributed by atoms with van der Waals surface area (Å²) in [5, 5.41) is 5.23. The topological polar surface area (TPSA) is 12.5 Å². The van der Waals surface area contributed by atoms with Crippen LogP contribution in [0.5, 0.6) is 0 Å². The largest absolute Gasteiger partial charge is 0.347 e. The lowest BCUT2D eigenvalue weighted by atomic mass is 9.69. The predicted octanol–water partition coefficient (Wildman–Crippen LogP) is 18.5. The highest BCUT2D eigenvalue weighted by Crippen LogP contribution is 2.54. The number of halogens is 1. The van der Waals surface area contributed by atoms with Gasteiger partial charge < -0.3 is 9.80 Å². The molecule has 4 nitrogen and oxygen atoms in total. The Morgan fingerprint density at radius 3 is 1.10 bits per heavy atom. The van der Waals surface area contributed by atoms with Crippen molar-refractivity contribution in [2.24, 2.45) is 0 Å². The Bertz CT molecular complexity index is 3850. The van der Waals surface area contributed by atoms with Crippen molar-refractivity contribution in [1.82, 2.24) is 0 Å². The zero-order valence-corrected chi connectivity index (χ0v) is 51.8. The molecule has 4 heterocycles. The van der Waals surface area contributed by atoms with E-state index in [1.807, 2.05) is 13.8 Å². The summed E-state index contributed by atoms with van der Waals surface area (Å²) < 4.78 is 4.81. The number of allylic oxidation sites excluding steroid dienone is 8. The van der Waals surface area contributed by atoms with Crippen LogP contribution in [0.4, 0.5) is 22.7 Å². The third-order valence-corrected chi connectivity index (χ3v) is 18.8. The van der Waals surface area contributed by atoms with E-state index in [2.05, 4.69) is 329 Å². The van der Waals surface area contributed by atoms with Gasteiger partial charge in [0.15, 0.2) is 11.4 Å². The molecule has 84 heavy (non-hydrogen) atoms. The molecule has 4 aliphatic rings. The maximum atomic E-state index is 4.64. The number of anilines is 2. The molecular formula is C79H81ClN4+2. The summed E-state index contributed by atoms with van der Waals surface area (Å²) in [6.07, 6.45) is 19.2. The Labute approximate surface area is 505 Å². The second-order valence-corrected chi connectivity index (χ2v) is 24.1. The third kappa shape index (κ3) is 9.76. The van der Waals surface area contributed by atoms with E-state index in [-0.39, 0.29) is 21.7 Å². The second-order valence-electron chi connectivity index (χ2n) is 24.1. The van der Waals surface area contributed by atoms with Crippen molar-refractivity contribution in [3.05, 3.63) is 299 Å². The van der Waals surface area contributed by atoms with Crippen LogP contribution in [0.15, 0.2) is 254 Å². The smallest absolute Gasteiger partial charge is 0.210 e. The van der Waals surface area contributed by atoms with Crippen LogP contribution in [0.1, 0.15) is 86.1 Å². The molecule has 2 unspecified atom stereocenters. The summed E-state index contributed by atoms with van der Waals surface area (Å²) in [7, 11) is 9.00. The molecule has 4 aliphatic heterocycles. The van der Waals surface area contributed by atoms with Gasteiger partial charge in [0.25, 0.3) is 0 Å². The van der Waals surface area contributed by atoms with Gasteiger partial charge in [-0.25, -0.2) is 0 Å². The lowest BCUT2D eigenvalue weighted by Crippen LogP contribution is -2.35. The molecule has 0 spiro atoms. The SMILES string of the molecule is CC.CCl.CN1/C(=C\C=C\C2=[N+](C)c3ccc4ccccc4c3C2(C)C)C(Cc2ccccc2)(Cc2ccc(CC3(Cc4ccccc4)/C(=C/C=C/C4=[N+](C)c5ccc6ccccc6c5C4(C)C)N(C)c4ccccc43)cc2)c2ccccc21.